The van der Waals surface area contributed by atoms with Gasteiger partial charge in [0.15, 0.2) is 0 Å². The summed E-state index contributed by atoms with van der Waals surface area (Å²) in [6, 6.07) is -0.152. The molecule has 0 bridgehead atoms. The molecule has 2 fully saturated rings. The molecular formula is C15H28N2O2. The third-order valence-corrected chi connectivity index (χ3v) is 4.08. The molecule has 0 heterocycles. The first kappa shape index (κ1) is 14.8. The van der Waals surface area contributed by atoms with E-state index in [0.717, 1.165) is 24.8 Å². The minimum absolute atomic E-state index is 0.109. The van der Waals surface area contributed by atoms with Crippen LogP contribution in [0.2, 0.25) is 0 Å². The van der Waals surface area contributed by atoms with Crippen LogP contribution in [0.1, 0.15) is 39.0 Å². The Kier molecular flexibility index (Phi) is 5.64. The SMILES string of the molecule is CCOC(=O)C(CCN(CC1CC1)CC1CC1)NC. The van der Waals surface area contributed by atoms with Crippen molar-refractivity contribution in [3.05, 3.63) is 0 Å². The summed E-state index contributed by atoms with van der Waals surface area (Å²) in [6.45, 7) is 5.80. The van der Waals surface area contributed by atoms with E-state index in [-0.39, 0.29) is 12.0 Å². The van der Waals surface area contributed by atoms with E-state index < -0.39 is 0 Å². The van der Waals surface area contributed by atoms with Gasteiger partial charge in [-0.25, -0.2) is 0 Å². The summed E-state index contributed by atoms with van der Waals surface area (Å²) in [5.74, 6) is 1.74. The van der Waals surface area contributed by atoms with Crippen LogP contribution in [0.4, 0.5) is 0 Å². The van der Waals surface area contributed by atoms with Crippen molar-refractivity contribution in [2.75, 3.05) is 33.3 Å². The average molecular weight is 268 g/mol. The Hall–Kier alpha value is -0.610. The van der Waals surface area contributed by atoms with Gasteiger partial charge in [0, 0.05) is 19.6 Å². The minimum Gasteiger partial charge on any atom is -0.465 e. The topological polar surface area (TPSA) is 41.6 Å². The van der Waals surface area contributed by atoms with E-state index in [0.29, 0.717) is 6.61 Å². The molecular weight excluding hydrogens is 240 g/mol. The lowest BCUT2D eigenvalue weighted by Crippen LogP contribution is -2.40. The fraction of sp³-hybridized carbons (Fsp3) is 0.933. The van der Waals surface area contributed by atoms with Gasteiger partial charge in [0.05, 0.1) is 6.61 Å². The Balaban J connectivity index is 1.72. The number of hydrogen-bond donors (Lipinski definition) is 1. The Bertz CT molecular complexity index is 274. The van der Waals surface area contributed by atoms with Crippen molar-refractivity contribution in [3.63, 3.8) is 0 Å². The molecule has 0 spiro atoms. The fourth-order valence-corrected chi connectivity index (χ4v) is 2.52. The molecule has 1 N–H and O–H groups in total. The summed E-state index contributed by atoms with van der Waals surface area (Å²) in [5, 5.41) is 3.08. The first-order valence-corrected chi connectivity index (χ1v) is 7.79. The molecule has 0 aromatic carbocycles. The number of rotatable bonds is 10. The van der Waals surface area contributed by atoms with Gasteiger partial charge in [-0.15, -0.1) is 0 Å². The number of carbonyl (C=O) groups excluding carboxylic acids is 1. The van der Waals surface area contributed by atoms with Gasteiger partial charge in [0.1, 0.15) is 6.04 Å². The van der Waals surface area contributed by atoms with Gasteiger partial charge in [-0.2, -0.15) is 0 Å². The number of likely N-dealkylation sites (N-methyl/N-ethyl adjacent to an activating group) is 1. The third-order valence-electron chi connectivity index (χ3n) is 4.08. The highest BCUT2D eigenvalue weighted by molar-refractivity contribution is 5.75. The predicted octanol–water partition coefficient (Wildman–Crippen LogP) is 1.65. The quantitative estimate of drug-likeness (QED) is 0.612. The van der Waals surface area contributed by atoms with Crippen molar-refractivity contribution in [3.8, 4) is 0 Å². The van der Waals surface area contributed by atoms with Crippen molar-refractivity contribution >= 4 is 5.97 Å². The number of esters is 1. The third kappa shape index (κ3) is 5.49. The van der Waals surface area contributed by atoms with E-state index in [4.69, 9.17) is 4.74 Å². The minimum atomic E-state index is -0.152. The fourth-order valence-electron chi connectivity index (χ4n) is 2.52. The summed E-state index contributed by atoms with van der Waals surface area (Å²) < 4.78 is 5.09. The number of nitrogens with zero attached hydrogens (tertiary/aromatic N) is 1. The summed E-state index contributed by atoms with van der Waals surface area (Å²) in [5.41, 5.74) is 0. The smallest absolute Gasteiger partial charge is 0.323 e. The highest BCUT2D eigenvalue weighted by atomic mass is 16.5. The lowest BCUT2D eigenvalue weighted by atomic mass is 10.2. The van der Waals surface area contributed by atoms with E-state index in [9.17, 15) is 4.79 Å². The lowest BCUT2D eigenvalue weighted by Gasteiger charge is -2.24. The number of nitrogens with one attached hydrogen (secondary N) is 1. The van der Waals surface area contributed by atoms with E-state index in [1.807, 2.05) is 14.0 Å². The number of ether oxygens (including phenoxy) is 1. The molecule has 2 rings (SSSR count). The first-order chi connectivity index (χ1) is 9.22. The highest BCUT2D eigenvalue weighted by Crippen LogP contribution is 2.33. The molecule has 0 aromatic heterocycles. The molecule has 4 nitrogen and oxygen atoms in total. The van der Waals surface area contributed by atoms with Crippen LogP contribution in [-0.4, -0.2) is 50.2 Å². The van der Waals surface area contributed by atoms with Crippen LogP contribution in [0.3, 0.4) is 0 Å². The van der Waals surface area contributed by atoms with E-state index in [2.05, 4.69) is 10.2 Å². The van der Waals surface area contributed by atoms with Gasteiger partial charge < -0.3 is 15.0 Å². The molecule has 2 aliphatic rings. The Morgan fingerprint density at radius 1 is 1.26 bits per heavy atom. The van der Waals surface area contributed by atoms with Crippen molar-refractivity contribution in [1.82, 2.24) is 10.2 Å². The molecule has 110 valence electrons. The highest BCUT2D eigenvalue weighted by Gasteiger charge is 2.29. The van der Waals surface area contributed by atoms with Crippen LogP contribution in [-0.2, 0) is 9.53 Å². The number of hydrogen-bond acceptors (Lipinski definition) is 4. The van der Waals surface area contributed by atoms with Crippen molar-refractivity contribution in [1.29, 1.82) is 0 Å². The van der Waals surface area contributed by atoms with Crippen LogP contribution in [0, 0.1) is 11.8 Å². The van der Waals surface area contributed by atoms with Gasteiger partial charge >= 0.3 is 5.97 Å². The maximum atomic E-state index is 11.8. The van der Waals surface area contributed by atoms with Crippen LogP contribution < -0.4 is 5.32 Å². The zero-order valence-corrected chi connectivity index (χ0v) is 12.4. The molecule has 0 amide bonds. The van der Waals surface area contributed by atoms with Crippen LogP contribution in [0.15, 0.2) is 0 Å². The van der Waals surface area contributed by atoms with E-state index in [1.54, 1.807) is 0 Å². The molecule has 0 saturated heterocycles. The van der Waals surface area contributed by atoms with Gasteiger partial charge in [-0.1, -0.05) is 0 Å². The first-order valence-electron chi connectivity index (χ1n) is 7.79. The molecule has 1 atom stereocenters. The summed E-state index contributed by atoms with van der Waals surface area (Å²) in [7, 11) is 1.84. The Morgan fingerprint density at radius 2 is 1.84 bits per heavy atom. The van der Waals surface area contributed by atoms with E-state index in [1.165, 1.54) is 38.8 Å². The lowest BCUT2D eigenvalue weighted by molar-refractivity contribution is -0.145. The monoisotopic (exact) mass is 268 g/mol. The molecule has 2 aliphatic carbocycles. The molecule has 2 saturated carbocycles. The number of carbonyl (C=O) groups is 1. The predicted molar refractivity (Wildman–Crippen MR) is 76.0 cm³/mol. The maximum absolute atomic E-state index is 11.8. The van der Waals surface area contributed by atoms with Gasteiger partial charge in [-0.05, 0) is 57.9 Å². The van der Waals surface area contributed by atoms with Gasteiger partial charge in [0.2, 0.25) is 0 Å². The summed E-state index contributed by atoms with van der Waals surface area (Å²) in [4.78, 5) is 14.3. The molecule has 0 radical (unpaired) electrons. The zero-order chi connectivity index (χ0) is 13.7. The van der Waals surface area contributed by atoms with Gasteiger partial charge in [0.25, 0.3) is 0 Å². The molecule has 1 unspecified atom stereocenters. The van der Waals surface area contributed by atoms with Crippen LogP contribution in [0.5, 0.6) is 0 Å². The van der Waals surface area contributed by atoms with Crippen molar-refractivity contribution in [2.24, 2.45) is 11.8 Å². The molecule has 0 aliphatic heterocycles. The molecule has 19 heavy (non-hydrogen) atoms. The van der Waals surface area contributed by atoms with E-state index >= 15 is 0 Å². The van der Waals surface area contributed by atoms with Crippen molar-refractivity contribution in [2.45, 2.75) is 45.1 Å². The van der Waals surface area contributed by atoms with Crippen LogP contribution in [0.25, 0.3) is 0 Å². The van der Waals surface area contributed by atoms with Crippen LogP contribution >= 0.6 is 0 Å². The van der Waals surface area contributed by atoms with Crippen molar-refractivity contribution < 1.29 is 9.53 Å². The molecule has 0 aromatic rings. The second kappa shape index (κ2) is 7.25. The average Bonchev–Trinajstić information content (AvgIpc) is 3.25. The Morgan fingerprint density at radius 3 is 2.26 bits per heavy atom. The summed E-state index contributed by atoms with van der Waals surface area (Å²) >= 11 is 0. The zero-order valence-electron chi connectivity index (χ0n) is 12.4. The largest absolute Gasteiger partial charge is 0.465 e. The molecule has 4 heteroatoms. The second-order valence-corrected chi connectivity index (χ2v) is 6.03. The van der Waals surface area contributed by atoms with Gasteiger partial charge in [-0.3, -0.25) is 4.79 Å². The second-order valence-electron chi connectivity index (χ2n) is 6.03. The Labute approximate surface area is 116 Å². The normalized spacial score (nSPS) is 20.6. The standard InChI is InChI=1S/C15H28N2O2/c1-3-19-15(18)14(16-2)8-9-17(10-12-4-5-12)11-13-6-7-13/h12-14,16H,3-11H2,1-2H3. The maximum Gasteiger partial charge on any atom is 0.323 e. The summed E-state index contributed by atoms with van der Waals surface area (Å²) in [6.07, 6.45) is 6.45.